The van der Waals surface area contributed by atoms with E-state index in [2.05, 4.69) is 20.1 Å². The monoisotopic (exact) mass is 442 g/mol. The van der Waals surface area contributed by atoms with Crippen LogP contribution < -0.4 is 10.3 Å². The predicted molar refractivity (Wildman–Crippen MR) is 115 cm³/mol. The third kappa shape index (κ3) is 4.32. The Morgan fingerprint density at radius 3 is 2.77 bits per heavy atom. The lowest BCUT2D eigenvalue weighted by molar-refractivity contribution is 0.0943. The van der Waals surface area contributed by atoms with Crippen LogP contribution in [0.2, 0.25) is 5.02 Å². The van der Waals surface area contributed by atoms with Crippen molar-refractivity contribution in [3.8, 4) is 5.75 Å². The summed E-state index contributed by atoms with van der Waals surface area (Å²) < 4.78 is 14.3. The van der Waals surface area contributed by atoms with Crippen LogP contribution >= 0.6 is 11.6 Å². The third-order valence-corrected chi connectivity index (χ3v) is 5.28. The zero-order valence-corrected chi connectivity index (χ0v) is 18.3. The minimum atomic E-state index is -0.201. The number of hydrogen-bond acceptors (Lipinski definition) is 7. The Hall–Kier alpha value is -3.20. The lowest BCUT2D eigenvalue weighted by Crippen LogP contribution is -2.32. The molecule has 0 aliphatic heterocycles. The van der Waals surface area contributed by atoms with Crippen molar-refractivity contribution in [1.82, 2.24) is 29.2 Å². The number of imidazole rings is 1. The lowest BCUT2D eigenvalue weighted by atomic mass is 9.82. The second kappa shape index (κ2) is 8.89. The van der Waals surface area contributed by atoms with Gasteiger partial charge in [0.2, 0.25) is 5.89 Å². The quantitative estimate of drug-likeness (QED) is 0.465. The van der Waals surface area contributed by atoms with E-state index >= 15 is 0 Å². The summed E-state index contributed by atoms with van der Waals surface area (Å²) in [7, 11) is 1.76. The summed E-state index contributed by atoms with van der Waals surface area (Å²) >= 11 is 5.98. The number of fused-ring (bicyclic) bond motifs is 1. The van der Waals surface area contributed by atoms with Gasteiger partial charge in [-0.15, -0.1) is 0 Å². The minimum absolute atomic E-state index is 0.0967. The number of ether oxygens (including phenoxy) is 1. The fourth-order valence-corrected chi connectivity index (χ4v) is 3.61. The summed E-state index contributed by atoms with van der Waals surface area (Å²) in [6, 6.07) is 7.35. The van der Waals surface area contributed by atoms with Crippen molar-refractivity contribution >= 4 is 22.8 Å². The molecule has 0 atom stereocenters. The highest BCUT2D eigenvalue weighted by Crippen LogP contribution is 2.38. The number of rotatable bonds is 5. The molecule has 1 aliphatic carbocycles. The average molecular weight is 443 g/mol. The van der Waals surface area contributed by atoms with Crippen LogP contribution in [0.15, 0.2) is 46.2 Å². The standard InChI is InChI=1S/C19H17ClN6O3.C2H6/c1-25-9-21-18-16(25)19(27)26(10-22-18)8-15-23-17(24-29-15)11-5-14(6-11)28-13-4-2-3-12(20)7-13;1-2/h2-4,7,9-11,14H,5-6,8H2,1H3;1-2H3. The predicted octanol–water partition coefficient (Wildman–Crippen LogP) is 3.57. The lowest BCUT2D eigenvalue weighted by Gasteiger charge is -2.33. The van der Waals surface area contributed by atoms with Crippen LogP contribution in [-0.4, -0.2) is 35.3 Å². The second-order valence-corrected chi connectivity index (χ2v) is 7.55. The molecule has 1 aliphatic rings. The van der Waals surface area contributed by atoms with Gasteiger partial charge in [-0.05, 0) is 31.0 Å². The fraction of sp³-hybridized carbons (Fsp3) is 0.381. The smallest absolute Gasteiger partial charge is 0.280 e. The largest absolute Gasteiger partial charge is 0.490 e. The molecule has 9 nitrogen and oxygen atoms in total. The van der Waals surface area contributed by atoms with Gasteiger partial charge >= 0.3 is 0 Å². The van der Waals surface area contributed by atoms with Gasteiger partial charge in [0, 0.05) is 18.0 Å². The van der Waals surface area contributed by atoms with Crippen LogP contribution in [0.3, 0.4) is 0 Å². The van der Waals surface area contributed by atoms with E-state index in [1.807, 2.05) is 32.0 Å². The van der Waals surface area contributed by atoms with E-state index in [1.165, 1.54) is 10.9 Å². The van der Waals surface area contributed by atoms with E-state index < -0.39 is 0 Å². The zero-order chi connectivity index (χ0) is 22.0. The molecule has 1 aromatic carbocycles. The molecule has 0 bridgehead atoms. The summed E-state index contributed by atoms with van der Waals surface area (Å²) in [4.78, 5) is 25.3. The van der Waals surface area contributed by atoms with E-state index in [4.69, 9.17) is 20.9 Å². The van der Waals surface area contributed by atoms with E-state index in [9.17, 15) is 4.79 Å². The number of aromatic nitrogens is 6. The Morgan fingerprint density at radius 2 is 2.00 bits per heavy atom. The van der Waals surface area contributed by atoms with E-state index in [1.54, 1.807) is 24.0 Å². The molecule has 5 rings (SSSR count). The Morgan fingerprint density at radius 1 is 1.23 bits per heavy atom. The highest BCUT2D eigenvalue weighted by molar-refractivity contribution is 6.30. The van der Waals surface area contributed by atoms with E-state index in [0.717, 1.165) is 18.6 Å². The van der Waals surface area contributed by atoms with Gasteiger partial charge in [-0.2, -0.15) is 4.98 Å². The maximum Gasteiger partial charge on any atom is 0.280 e. The van der Waals surface area contributed by atoms with Crippen molar-refractivity contribution in [2.24, 2.45) is 7.05 Å². The second-order valence-electron chi connectivity index (χ2n) is 7.12. The number of benzene rings is 1. The molecule has 3 aromatic heterocycles. The zero-order valence-electron chi connectivity index (χ0n) is 17.5. The van der Waals surface area contributed by atoms with Gasteiger partial charge in [-0.3, -0.25) is 9.36 Å². The first-order valence-corrected chi connectivity index (χ1v) is 10.6. The van der Waals surface area contributed by atoms with Crippen LogP contribution in [0.5, 0.6) is 5.75 Å². The molecule has 0 spiro atoms. The van der Waals surface area contributed by atoms with Gasteiger partial charge in [-0.25, -0.2) is 9.97 Å². The maximum absolute atomic E-state index is 12.6. The van der Waals surface area contributed by atoms with Crippen molar-refractivity contribution in [1.29, 1.82) is 0 Å². The topological polar surface area (TPSA) is 101 Å². The first-order chi connectivity index (χ1) is 15.1. The van der Waals surface area contributed by atoms with Crippen molar-refractivity contribution in [3.05, 3.63) is 64.0 Å². The highest BCUT2D eigenvalue weighted by Gasteiger charge is 2.35. The number of aryl methyl sites for hydroxylation is 1. The van der Waals surface area contributed by atoms with Crippen LogP contribution in [0.4, 0.5) is 0 Å². The van der Waals surface area contributed by atoms with Gasteiger partial charge in [0.05, 0.1) is 6.33 Å². The van der Waals surface area contributed by atoms with Gasteiger partial charge < -0.3 is 13.8 Å². The van der Waals surface area contributed by atoms with Crippen LogP contribution in [-0.2, 0) is 13.6 Å². The van der Waals surface area contributed by atoms with Crippen molar-refractivity contribution in [2.45, 2.75) is 45.3 Å². The molecule has 0 N–H and O–H groups in total. The molecule has 0 amide bonds. The maximum atomic E-state index is 12.6. The summed E-state index contributed by atoms with van der Waals surface area (Å²) in [5.74, 6) is 1.93. The molecule has 1 fully saturated rings. The molecule has 3 heterocycles. The molecule has 0 saturated heterocycles. The Labute approximate surface area is 183 Å². The first kappa shape index (κ1) is 21.0. The number of nitrogens with zero attached hydrogens (tertiary/aromatic N) is 6. The Bertz CT molecular complexity index is 1240. The van der Waals surface area contributed by atoms with Crippen molar-refractivity contribution < 1.29 is 9.26 Å². The third-order valence-electron chi connectivity index (χ3n) is 5.05. The average Bonchev–Trinajstić information content (AvgIpc) is 3.35. The number of hydrogen-bond donors (Lipinski definition) is 0. The molecule has 4 aromatic rings. The van der Waals surface area contributed by atoms with Crippen LogP contribution in [0.1, 0.15) is 44.3 Å². The van der Waals surface area contributed by atoms with Crippen LogP contribution in [0.25, 0.3) is 11.2 Å². The molecular weight excluding hydrogens is 420 g/mol. The first-order valence-electron chi connectivity index (χ1n) is 10.2. The molecule has 10 heteroatoms. The SMILES string of the molecule is CC.Cn1cnc2ncn(Cc3nc(C4CC(Oc5cccc(Cl)c5)C4)no3)c(=O)c21. The van der Waals surface area contributed by atoms with Gasteiger partial charge in [0.25, 0.3) is 5.56 Å². The molecule has 162 valence electrons. The molecule has 0 unspecified atom stereocenters. The highest BCUT2D eigenvalue weighted by atomic mass is 35.5. The summed E-state index contributed by atoms with van der Waals surface area (Å²) in [6.45, 7) is 4.16. The van der Waals surface area contributed by atoms with E-state index in [-0.39, 0.29) is 24.1 Å². The van der Waals surface area contributed by atoms with Gasteiger partial charge in [0.1, 0.15) is 24.7 Å². The minimum Gasteiger partial charge on any atom is -0.490 e. The summed E-state index contributed by atoms with van der Waals surface area (Å²) in [6.07, 6.45) is 4.70. The van der Waals surface area contributed by atoms with Gasteiger partial charge in [-0.1, -0.05) is 36.7 Å². The summed E-state index contributed by atoms with van der Waals surface area (Å²) in [5.41, 5.74) is 0.654. The molecular formula is C21H23ClN6O3. The Kier molecular flexibility index (Phi) is 6.03. The molecule has 0 radical (unpaired) electrons. The van der Waals surface area contributed by atoms with Crippen molar-refractivity contribution in [2.75, 3.05) is 0 Å². The number of halogens is 1. The summed E-state index contributed by atoms with van der Waals surface area (Å²) in [5, 5.41) is 4.72. The molecule has 1 saturated carbocycles. The van der Waals surface area contributed by atoms with Crippen LogP contribution in [0, 0.1) is 0 Å². The Balaban J connectivity index is 0.00000112. The normalized spacial score (nSPS) is 17.7. The van der Waals surface area contributed by atoms with Gasteiger partial charge in [0.15, 0.2) is 17.0 Å². The van der Waals surface area contributed by atoms with E-state index in [0.29, 0.717) is 27.9 Å². The fourth-order valence-electron chi connectivity index (χ4n) is 3.43. The molecule has 31 heavy (non-hydrogen) atoms. The van der Waals surface area contributed by atoms with Crippen molar-refractivity contribution in [3.63, 3.8) is 0 Å².